The van der Waals surface area contributed by atoms with Crippen LogP contribution in [0.5, 0.6) is 0 Å². The van der Waals surface area contributed by atoms with Gasteiger partial charge in [0.1, 0.15) is 6.61 Å². The van der Waals surface area contributed by atoms with Crippen molar-refractivity contribution in [3.05, 3.63) is 34.9 Å². The Morgan fingerprint density at radius 3 is 2.79 bits per heavy atom. The van der Waals surface area contributed by atoms with Crippen molar-refractivity contribution in [2.24, 2.45) is 0 Å². The third-order valence-electron chi connectivity index (χ3n) is 3.14. The molecular weight excluding hydrogens is 270 g/mol. The Hall–Kier alpha value is -1.59. The van der Waals surface area contributed by atoms with Gasteiger partial charge in [0, 0.05) is 11.6 Å². The van der Waals surface area contributed by atoms with E-state index in [1.807, 2.05) is 0 Å². The molecular formula is C13H14ClNO4. The van der Waals surface area contributed by atoms with E-state index in [9.17, 15) is 14.7 Å². The standard InChI is InChI=1S/C13H14ClNO4/c1-2-15-10(16)7-19-12(13(17)18)11(15)8-5-3-4-6-9(8)14/h3-6,11-12H,2,7H2,1H3,(H,17,18). The fourth-order valence-electron chi connectivity index (χ4n) is 2.28. The number of benzene rings is 1. The number of hydrogen-bond acceptors (Lipinski definition) is 3. The van der Waals surface area contributed by atoms with E-state index in [0.29, 0.717) is 17.1 Å². The second-order valence-electron chi connectivity index (χ2n) is 4.22. The highest BCUT2D eigenvalue weighted by molar-refractivity contribution is 6.31. The number of carboxylic acid groups (broad SMARTS) is 1. The van der Waals surface area contributed by atoms with Crippen molar-refractivity contribution in [2.45, 2.75) is 19.1 Å². The minimum Gasteiger partial charge on any atom is -0.479 e. The van der Waals surface area contributed by atoms with E-state index in [1.54, 1.807) is 31.2 Å². The number of likely N-dealkylation sites (N-methyl/N-ethyl adjacent to an activating group) is 1. The molecule has 1 N–H and O–H groups in total. The minimum absolute atomic E-state index is 0.217. The van der Waals surface area contributed by atoms with E-state index in [1.165, 1.54) is 4.90 Å². The summed E-state index contributed by atoms with van der Waals surface area (Å²) in [5, 5.41) is 9.68. The van der Waals surface area contributed by atoms with Gasteiger partial charge in [0.05, 0.1) is 6.04 Å². The molecule has 1 saturated heterocycles. The molecule has 5 nitrogen and oxygen atoms in total. The molecule has 0 aromatic heterocycles. The van der Waals surface area contributed by atoms with Gasteiger partial charge in [0.15, 0.2) is 6.10 Å². The van der Waals surface area contributed by atoms with Crippen LogP contribution in [0.1, 0.15) is 18.5 Å². The Bertz CT molecular complexity index is 503. The molecule has 1 aliphatic rings. The third kappa shape index (κ3) is 2.57. The molecule has 102 valence electrons. The summed E-state index contributed by atoms with van der Waals surface area (Å²) >= 11 is 6.11. The molecule has 0 aliphatic carbocycles. The maximum absolute atomic E-state index is 11.9. The van der Waals surface area contributed by atoms with Gasteiger partial charge in [-0.1, -0.05) is 29.8 Å². The average Bonchev–Trinajstić information content (AvgIpc) is 2.38. The molecule has 6 heteroatoms. The van der Waals surface area contributed by atoms with Crippen molar-refractivity contribution in [2.75, 3.05) is 13.2 Å². The van der Waals surface area contributed by atoms with Crippen molar-refractivity contribution in [1.82, 2.24) is 4.90 Å². The summed E-state index contributed by atoms with van der Waals surface area (Å²) in [5.41, 5.74) is 0.589. The zero-order valence-corrected chi connectivity index (χ0v) is 11.1. The number of amides is 1. The quantitative estimate of drug-likeness (QED) is 0.917. The second kappa shape index (κ2) is 5.59. The molecule has 0 radical (unpaired) electrons. The number of carbonyl (C=O) groups is 2. The van der Waals surface area contributed by atoms with Gasteiger partial charge >= 0.3 is 5.97 Å². The summed E-state index contributed by atoms with van der Waals surface area (Å²) < 4.78 is 5.16. The highest BCUT2D eigenvalue weighted by Crippen LogP contribution is 2.34. The summed E-state index contributed by atoms with van der Waals surface area (Å²) in [4.78, 5) is 24.7. The smallest absolute Gasteiger partial charge is 0.335 e. The zero-order chi connectivity index (χ0) is 14.0. The molecule has 1 aliphatic heterocycles. The Balaban J connectivity index is 2.47. The van der Waals surface area contributed by atoms with Gasteiger partial charge in [-0.2, -0.15) is 0 Å². The normalized spacial score (nSPS) is 23.5. The fraction of sp³-hybridized carbons (Fsp3) is 0.385. The van der Waals surface area contributed by atoms with Crippen LogP contribution in [-0.2, 0) is 14.3 Å². The van der Waals surface area contributed by atoms with Crippen LogP contribution in [0.15, 0.2) is 24.3 Å². The van der Waals surface area contributed by atoms with Crippen LogP contribution in [0.3, 0.4) is 0 Å². The number of aliphatic carboxylic acids is 1. The molecule has 2 atom stereocenters. The molecule has 1 fully saturated rings. The monoisotopic (exact) mass is 283 g/mol. The van der Waals surface area contributed by atoms with Crippen molar-refractivity contribution in [3.8, 4) is 0 Å². The number of carboxylic acids is 1. The van der Waals surface area contributed by atoms with Gasteiger partial charge in [0.25, 0.3) is 0 Å². The number of ether oxygens (including phenoxy) is 1. The van der Waals surface area contributed by atoms with E-state index >= 15 is 0 Å². The van der Waals surface area contributed by atoms with Crippen LogP contribution >= 0.6 is 11.6 Å². The lowest BCUT2D eigenvalue weighted by Crippen LogP contribution is -2.51. The van der Waals surface area contributed by atoms with E-state index in [0.717, 1.165) is 0 Å². The minimum atomic E-state index is -1.10. The highest BCUT2D eigenvalue weighted by Gasteiger charge is 2.41. The Morgan fingerprint density at radius 2 is 2.21 bits per heavy atom. The van der Waals surface area contributed by atoms with Crippen LogP contribution < -0.4 is 0 Å². The molecule has 0 saturated carbocycles. The van der Waals surface area contributed by atoms with Crippen molar-refractivity contribution >= 4 is 23.5 Å². The molecule has 19 heavy (non-hydrogen) atoms. The second-order valence-corrected chi connectivity index (χ2v) is 4.62. The summed E-state index contributed by atoms with van der Waals surface area (Å²) in [6.45, 7) is 1.99. The van der Waals surface area contributed by atoms with Crippen LogP contribution in [0.2, 0.25) is 5.02 Å². The Morgan fingerprint density at radius 1 is 1.53 bits per heavy atom. The third-order valence-corrected chi connectivity index (χ3v) is 3.48. The molecule has 1 heterocycles. The van der Waals surface area contributed by atoms with Gasteiger partial charge in [-0.25, -0.2) is 4.79 Å². The van der Waals surface area contributed by atoms with Crippen molar-refractivity contribution < 1.29 is 19.4 Å². The zero-order valence-electron chi connectivity index (χ0n) is 10.4. The van der Waals surface area contributed by atoms with Gasteiger partial charge in [-0.15, -0.1) is 0 Å². The first-order valence-electron chi connectivity index (χ1n) is 5.94. The Labute approximate surface area is 115 Å². The van der Waals surface area contributed by atoms with Crippen molar-refractivity contribution in [1.29, 1.82) is 0 Å². The van der Waals surface area contributed by atoms with E-state index in [-0.39, 0.29) is 12.5 Å². The van der Waals surface area contributed by atoms with Gasteiger partial charge in [0.2, 0.25) is 5.91 Å². The van der Waals surface area contributed by atoms with E-state index in [4.69, 9.17) is 16.3 Å². The van der Waals surface area contributed by atoms with Crippen LogP contribution in [0.25, 0.3) is 0 Å². The summed E-state index contributed by atoms with van der Waals surface area (Å²) in [7, 11) is 0. The van der Waals surface area contributed by atoms with E-state index in [2.05, 4.69) is 0 Å². The van der Waals surface area contributed by atoms with E-state index < -0.39 is 18.1 Å². The van der Waals surface area contributed by atoms with Gasteiger partial charge in [-0.05, 0) is 18.6 Å². The predicted molar refractivity (Wildman–Crippen MR) is 69.0 cm³/mol. The summed E-state index contributed by atoms with van der Waals surface area (Å²) in [6, 6.07) is 6.20. The first-order chi connectivity index (χ1) is 9.06. The maximum Gasteiger partial charge on any atom is 0.335 e. The lowest BCUT2D eigenvalue weighted by Gasteiger charge is -2.39. The number of carbonyl (C=O) groups excluding carboxylic acids is 1. The van der Waals surface area contributed by atoms with Gasteiger partial charge in [-0.3, -0.25) is 4.79 Å². The first kappa shape index (κ1) is 13.8. The first-order valence-corrected chi connectivity index (χ1v) is 6.32. The number of rotatable bonds is 3. The summed E-state index contributed by atoms with van der Waals surface area (Å²) in [6.07, 6.45) is -1.10. The van der Waals surface area contributed by atoms with Crippen LogP contribution in [-0.4, -0.2) is 41.1 Å². The lowest BCUT2D eigenvalue weighted by molar-refractivity contribution is -0.172. The van der Waals surface area contributed by atoms with Crippen LogP contribution in [0, 0.1) is 0 Å². The fourth-order valence-corrected chi connectivity index (χ4v) is 2.53. The highest BCUT2D eigenvalue weighted by atomic mass is 35.5. The molecule has 0 bridgehead atoms. The molecule has 1 aromatic carbocycles. The number of nitrogens with zero attached hydrogens (tertiary/aromatic N) is 1. The topological polar surface area (TPSA) is 66.8 Å². The Kier molecular flexibility index (Phi) is 4.07. The molecule has 2 rings (SSSR count). The summed E-state index contributed by atoms with van der Waals surface area (Å²) in [5.74, 6) is -1.33. The molecule has 1 aromatic rings. The largest absolute Gasteiger partial charge is 0.479 e. The predicted octanol–water partition coefficient (Wildman–Crippen LogP) is 1.71. The van der Waals surface area contributed by atoms with Gasteiger partial charge < -0.3 is 14.7 Å². The number of morpholine rings is 1. The lowest BCUT2D eigenvalue weighted by atomic mass is 9.97. The molecule has 2 unspecified atom stereocenters. The van der Waals surface area contributed by atoms with Crippen LogP contribution in [0.4, 0.5) is 0 Å². The average molecular weight is 284 g/mol. The molecule has 1 amide bonds. The number of hydrogen-bond donors (Lipinski definition) is 1. The SMILES string of the molecule is CCN1C(=O)COC(C(=O)O)C1c1ccccc1Cl. The number of halogens is 1. The van der Waals surface area contributed by atoms with Crippen molar-refractivity contribution in [3.63, 3.8) is 0 Å². The maximum atomic E-state index is 11.9. The molecule has 0 spiro atoms.